The van der Waals surface area contributed by atoms with Gasteiger partial charge in [-0.25, -0.2) is 13.4 Å². The second kappa shape index (κ2) is 6.67. The van der Waals surface area contributed by atoms with E-state index in [0.717, 1.165) is 16.5 Å². The number of hydrogen-bond donors (Lipinski definition) is 2. The molecule has 0 fully saturated rings. The van der Waals surface area contributed by atoms with Gasteiger partial charge in [0.05, 0.1) is 5.41 Å². The van der Waals surface area contributed by atoms with Gasteiger partial charge in [-0.15, -0.1) is 0 Å². The summed E-state index contributed by atoms with van der Waals surface area (Å²) in [6.07, 6.45) is 1.55. The highest BCUT2D eigenvalue weighted by Crippen LogP contribution is 2.20. The fourth-order valence-corrected chi connectivity index (χ4v) is 2.98. The second-order valence-corrected chi connectivity index (χ2v) is 6.75. The van der Waals surface area contributed by atoms with Crippen molar-refractivity contribution >= 4 is 21.8 Å². The molecule has 2 aromatic carbocycles. The third-order valence-electron chi connectivity index (χ3n) is 3.22. The van der Waals surface area contributed by atoms with Gasteiger partial charge in [0.15, 0.2) is 5.82 Å². The van der Waals surface area contributed by atoms with Crippen LogP contribution < -0.4 is 4.72 Å². The molecule has 3 rings (SSSR count). The molecular weight excluding hydrogens is 324 g/mol. The molecule has 0 aliphatic heterocycles. The van der Waals surface area contributed by atoms with Crippen LogP contribution in [0.3, 0.4) is 0 Å². The van der Waals surface area contributed by atoms with E-state index in [4.69, 9.17) is 0 Å². The molecule has 0 radical (unpaired) electrons. The molecule has 1 aromatic heterocycles. The topological polar surface area (TPSA) is 87.7 Å². The Kier molecular flexibility index (Phi) is 4.43. The van der Waals surface area contributed by atoms with Crippen molar-refractivity contribution in [1.29, 1.82) is 0 Å². The maximum Gasteiger partial charge on any atom is 0.255 e. The highest BCUT2D eigenvalue weighted by atomic mass is 32.2. The zero-order valence-electron chi connectivity index (χ0n) is 13.0. The monoisotopic (exact) mass is 340 g/mol. The van der Waals surface area contributed by atoms with E-state index < -0.39 is 10.0 Å². The third kappa shape index (κ3) is 4.08. The zero-order chi connectivity index (χ0) is 17.0. The van der Waals surface area contributed by atoms with Crippen LogP contribution in [0.1, 0.15) is 11.4 Å². The number of aromatic amines is 1. The van der Waals surface area contributed by atoms with Crippen molar-refractivity contribution in [1.82, 2.24) is 15.2 Å². The Hall–Kier alpha value is -2.93. The Labute approximate surface area is 140 Å². The average molecular weight is 340 g/mol. The van der Waals surface area contributed by atoms with Crippen LogP contribution in [0.25, 0.3) is 17.5 Å². The summed E-state index contributed by atoms with van der Waals surface area (Å²) in [7, 11) is -3.61. The van der Waals surface area contributed by atoms with Crippen LogP contribution >= 0.6 is 0 Å². The molecule has 24 heavy (non-hydrogen) atoms. The highest BCUT2D eigenvalue weighted by Gasteiger charge is 2.08. The minimum absolute atomic E-state index is 0.452. The van der Waals surface area contributed by atoms with Gasteiger partial charge in [0.2, 0.25) is 0 Å². The molecule has 7 heteroatoms. The lowest BCUT2D eigenvalue weighted by Crippen LogP contribution is -2.08. The summed E-state index contributed by atoms with van der Waals surface area (Å²) >= 11 is 0. The van der Waals surface area contributed by atoms with Gasteiger partial charge in [-0.3, -0.25) is 9.82 Å². The zero-order valence-corrected chi connectivity index (χ0v) is 13.8. The summed E-state index contributed by atoms with van der Waals surface area (Å²) < 4.78 is 26.9. The Bertz CT molecular complexity index is 963. The van der Waals surface area contributed by atoms with E-state index in [1.54, 1.807) is 31.2 Å². The number of aromatic nitrogens is 3. The van der Waals surface area contributed by atoms with Gasteiger partial charge < -0.3 is 0 Å². The van der Waals surface area contributed by atoms with Crippen molar-refractivity contribution in [3.05, 3.63) is 71.4 Å². The standard InChI is InChI=1S/C17H16N4O2S/c1-13-18-17(20-19-13)15-8-5-9-16(12-15)21-24(22,23)11-10-14-6-3-2-4-7-14/h2-12,21H,1H3,(H,18,19,20). The summed E-state index contributed by atoms with van der Waals surface area (Å²) in [5.41, 5.74) is 1.99. The van der Waals surface area contributed by atoms with E-state index in [1.165, 1.54) is 0 Å². The summed E-state index contributed by atoms with van der Waals surface area (Å²) in [5, 5.41) is 7.98. The first-order chi connectivity index (χ1) is 11.5. The third-order valence-corrected chi connectivity index (χ3v) is 4.23. The van der Waals surface area contributed by atoms with Crippen LogP contribution in [0, 0.1) is 6.92 Å². The van der Waals surface area contributed by atoms with Crippen LogP contribution in [0.2, 0.25) is 0 Å². The Morgan fingerprint density at radius 3 is 2.58 bits per heavy atom. The minimum Gasteiger partial charge on any atom is -0.280 e. The molecule has 0 spiro atoms. The van der Waals surface area contributed by atoms with Gasteiger partial charge in [-0.1, -0.05) is 42.5 Å². The highest BCUT2D eigenvalue weighted by molar-refractivity contribution is 7.95. The largest absolute Gasteiger partial charge is 0.280 e. The van der Waals surface area contributed by atoms with E-state index in [1.807, 2.05) is 36.4 Å². The van der Waals surface area contributed by atoms with Crippen molar-refractivity contribution in [2.24, 2.45) is 0 Å². The average Bonchev–Trinajstić information content (AvgIpc) is 3.01. The number of rotatable bonds is 5. The molecule has 0 bridgehead atoms. The lowest BCUT2D eigenvalue weighted by molar-refractivity contribution is 0.609. The maximum absolute atomic E-state index is 12.2. The fraction of sp³-hybridized carbons (Fsp3) is 0.0588. The lowest BCUT2D eigenvalue weighted by atomic mass is 10.2. The molecule has 0 aliphatic carbocycles. The summed E-state index contributed by atoms with van der Waals surface area (Å²) in [6.45, 7) is 1.80. The van der Waals surface area contributed by atoms with Crippen LogP contribution in [0.5, 0.6) is 0 Å². The van der Waals surface area contributed by atoms with Crippen molar-refractivity contribution in [3.63, 3.8) is 0 Å². The molecule has 2 N–H and O–H groups in total. The van der Waals surface area contributed by atoms with Crippen LogP contribution in [0.15, 0.2) is 60.0 Å². The molecule has 0 aliphatic rings. The van der Waals surface area contributed by atoms with Crippen molar-refractivity contribution in [3.8, 4) is 11.4 Å². The van der Waals surface area contributed by atoms with E-state index in [0.29, 0.717) is 17.3 Å². The van der Waals surface area contributed by atoms with E-state index >= 15 is 0 Å². The van der Waals surface area contributed by atoms with Gasteiger partial charge in [-0.05, 0) is 30.7 Å². The number of anilines is 1. The van der Waals surface area contributed by atoms with E-state index in [-0.39, 0.29) is 0 Å². The van der Waals surface area contributed by atoms with Gasteiger partial charge in [-0.2, -0.15) is 5.10 Å². The smallest absolute Gasteiger partial charge is 0.255 e. The van der Waals surface area contributed by atoms with Gasteiger partial charge >= 0.3 is 0 Å². The number of benzene rings is 2. The van der Waals surface area contributed by atoms with Gasteiger partial charge in [0.25, 0.3) is 10.0 Å². The predicted molar refractivity (Wildman–Crippen MR) is 94.6 cm³/mol. The number of sulfonamides is 1. The van der Waals surface area contributed by atoms with E-state index in [2.05, 4.69) is 19.9 Å². The molecule has 122 valence electrons. The van der Waals surface area contributed by atoms with Crippen LogP contribution in [-0.4, -0.2) is 23.6 Å². The molecule has 6 nitrogen and oxygen atoms in total. The van der Waals surface area contributed by atoms with Crippen LogP contribution in [0.4, 0.5) is 5.69 Å². The summed E-state index contributed by atoms with van der Waals surface area (Å²) in [4.78, 5) is 4.24. The second-order valence-electron chi connectivity index (χ2n) is 5.19. The summed E-state index contributed by atoms with van der Waals surface area (Å²) in [5.74, 6) is 1.22. The Balaban J connectivity index is 1.79. The number of aryl methyl sites for hydroxylation is 1. The molecule has 1 heterocycles. The van der Waals surface area contributed by atoms with Gasteiger partial charge in [0.1, 0.15) is 5.82 Å². The number of hydrogen-bond acceptors (Lipinski definition) is 4. The molecular formula is C17H16N4O2S. The Morgan fingerprint density at radius 2 is 1.88 bits per heavy atom. The minimum atomic E-state index is -3.61. The van der Waals surface area contributed by atoms with E-state index in [9.17, 15) is 8.42 Å². The molecule has 0 saturated heterocycles. The molecule has 0 unspecified atom stereocenters. The summed E-state index contributed by atoms with van der Waals surface area (Å²) in [6, 6.07) is 16.2. The van der Waals surface area contributed by atoms with Crippen molar-refractivity contribution in [2.45, 2.75) is 6.92 Å². The Morgan fingerprint density at radius 1 is 1.08 bits per heavy atom. The molecule has 3 aromatic rings. The predicted octanol–water partition coefficient (Wildman–Crippen LogP) is 3.19. The van der Waals surface area contributed by atoms with Crippen LogP contribution in [-0.2, 0) is 10.0 Å². The number of nitrogens with one attached hydrogen (secondary N) is 2. The quantitative estimate of drug-likeness (QED) is 0.746. The first-order valence-electron chi connectivity index (χ1n) is 7.27. The SMILES string of the molecule is Cc1nc(-c2cccc(NS(=O)(=O)C=Cc3ccccc3)c2)n[nH]1. The molecule has 0 saturated carbocycles. The first-order valence-corrected chi connectivity index (χ1v) is 8.82. The fourth-order valence-electron chi connectivity index (χ4n) is 2.12. The number of H-pyrrole nitrogens is 1. The van der Waals surface area contributed by atoms with Crippen molar-refractivity contribution < 1.29 is 8.42 Å². The van der Waals surface area contributed by atoms with Gasteiger partial charge in [0, 0.05) is 11.3 Å². The van der Waals surface area contributed by atoms with Crippen molar-refractivity contribution in [2.75, 3.05) is 4.72 Å². The number of nitrogens with zero attached hydrogens (tertiary/aromatic N) is 2. The maximum atomic E-state index is 12.2. The molecule has 0 amide bonds. The first kappa shape index (κ1) is 15.9. The molecule has 0 atom stereocenters. The normalized spacial score (nSPS) is 11.7. The lowest BCUT2D eigenvalue weighted by Gasteiger charge is -2.05.